The Labute approximate surface area is 72.5 Å². The second-order valence-corrected chi connectivity index (χ2v) is 4.37. The zero-order valence-corrected chi connectivity index (χ0v) is 8.00. The molecule has 74 valence electrons. The zero-order chi connectivity index (χ0) is 9.78. The van der Waals surface area contributed by atoms with Crippen molar-refractivity contribution in [3.8, 4) is 0 Å². The number of hydrogen-bond donors (Lipinski definition) is 3. The molecule has 3 N–H and O–H groups in total. The van der Waals surface area contributed by atoms with Gasteiger partial charge in [-0.15, -0.1) is 0 Å². The van der Waals surface area contributed by atoms with Crippen LogP contribution in [-0.2, 0) is 10.1 Å². The summed E-state index contributed by atoms with van der Waals surface area (Å²) < 4.78 is 29.5. The summed E-state index contributed by atoms with van der Waals surface area (Å²) in [5.74, 6) is 0. The van der Waals surface area contributed by atoms with E-state index in [-0.39, 0.29) is 6.54 Å². The maximum Gasteiger partial charge on any atom is 0.270 e. The van der Waals surface area contributed by atoms with Gasteiger partial charge in [0.25, 0.3) is 10.1 Å². The van der Waals surface area contributed by atoms with E-state index >= 15 is 0 Å². The minimum Gasteiger partial charge on any atom is -0.390 e. The minimum atomic E-state index is -4.12. The highest BCUT2D eigenvalue weighted by Gasteiger charge is 2.25. The van der Waals surface area contributed by atoms with Crippen LogP contribution in [0.5, 0.6) is 0 Å². The van der Waals surface area contributed by atoms with Gasteiger partial charge < -0.3 is 10.4 Å². The highest BCUT2D eigenvalue weighted by atomic mass is 32.2. The average molecular weight is 197 g/mol. The van der Waals surface area contributed by atoms with Crippen molar-refractivity contribution in [3.05, 3.63) is 0 Å². The van der Waals surface area contributed by atoms with Crippen LogP contribution >= 0.6 is 0 Å². The van der Waals surface area contributed by atoms with Crippen molar-refractivity contribution in [2.75, 3.05) is 13.1 Å². The Kier molecular flexibility index (Phi) is 4.69. The molecular weight excluding hydrogens is 182 g/mol. The number of aliphatic hydroxyl groups is 1. The molecule has 0 aromatic rings. The maximum absolute atomic E-state index is 10.5. The number of rotatable bonds is 5. The van der Waals surface area contributed by atoms with Crippen LogP contribution in [0, 0.1) is 0 Å². The molecule has 0 aliphatic rings. The van der Waals surface area contributed by atoms with E-state index in [4.69, 9.17) is 4.55 Å². The summed E-state index contributed by atoms with van der Waals surface area (Å²) in [6.45, 7) is 3.91. The van der Waals surface area contributed by atoms with Crippen molar-refractivity contribution in [1.29, 1.82) is 0 Å². The number of likely N-dealkylation sites (N-methyl/N-ethyl adjacent to an activating group) is 1. The molecule has 2 atom stereocenters. The molecule has 0 amide bonds. The van der Waals surface area contributed by atoms with Gasteiger partial charge >= 0.3 is 0 Å². The fourth-order valence-corrected chi connectivity index (χ4v) is 1.15. The molecule has 0 aromatic heterocycles. The fraction of sp³-hybridized carbons (Fsp3) is 1.00. The molecule has 5 nitrogen and oxygen atoms in total. The lowest BCUT2D eigenvalue weighted by molar-refractivity contribution is 0.167. The van der Waals surface area contributed by atoms with E-state index < -0.39 is 21.5 Å². The van der Waals surface area contributed by atoms with E-state index in [1.54, 1.807) is 0 Å². The lowest BCUT2D eigenvalue weighted by Gasteiger charge is -2.15. The van der Waals surface area contributed by atoms with Gasteiger partial charge in [-0.2, -0.15) is 8.42 Å². The third-order valence-corrected chi connectivity index (χ3v) is 2.87. The quantitative estimate of drug-likeness (QED) is 0.504. The van der Waals surface area contributed by atoms with E-state index in [9.17, 15) is 13.5 Å². The van der Waals surface area contributed by atoms with Gasteiger partial charge in [0.15, 0.2) is 0 Å². The number of hydrogen-bond acceptors (Lipinski definition) is 4. The average Bonchev–Trinajstić information content (AvgIpc) is 1.97. The van der Waals surface area contributed by atoms with Gasteiger partial charge in [0.1, 0.15) is 5.25 Å². The van der Waals surface area contributed by atoms with Crippen molar-refractivity contribution in [2.24, 2.45) is 0 Å². The van der Waals surface area contributed by atoms with Crippen LogP contribution < -0.4 is 5.32 Å². The van der Waals surface area contributed by atoms with Gasteiger partial charge in [-0.1, -0.05) is 6.92 Å². The molecule has 0 rings (SSSR count). The lowest BCUT2D eigenvalue weighted by Crippen LogP contribution is -2.38. The summed E-state index contributed by atoms with van der Waals surface area (Å²) in [5, 5.41) is 10.8. The largest absolute Gasteiger partial charge is 0.390 e. The van der Waals surface area contributed by atoms with Crippen molar-refractivity contribution < 1.29 is 18.1 Å². The van der Waals surface area contributed by atoms with E-state index in [2.05, 4.69) is 5.32 Å². The van der Waals surface area contributed by atoms with E-state index in [1.165, 1.54) is 6.92 Å². The molecule has 12 heavy (non-hydrogen) atoms. The predicted octanol–water partition coefficient (Wildman–Crippen LogP) is -0.767. The molecule has 0 bridgehead atoms. The van der Waals surface area contributed by atoms with E-state index in [0.29, 0.717) is 6.54 Å². The zero-order valence-electron chi connectivity index (χ0n) is 7.19. The van der Waals surface area contributed by atoms with Gasteiger partial charge in [-0.25, -0.2) is 0 Å². The predicted molar refractivity (Wildman–Crippen MR) is 45.6 cm³/mol. The van der Waals surface area contributed by atoms with Crippen LogP contribution in [0.15, 0.2) is 0 Å². The Morgan fingerprint density at radius 3 is 2.33 bits per heavy atom. The second kappa shape index (κ2) is 4.76. The van der Waals surface area contributed by atoms with Gasteiger partial charge in [-0.3, -0.25) is 4.55 Å². The van der Waals surface area contributed by atoms with E-state index in [0.717, 1.165) is 0 Å². The highest BCUT2D eigenvalue weighted by molar-refractivity contribution is 7.86. The van der Waals surface area contributed by atoms with Crippen LogP contribution in [0.4, 0.5) is 0 Å². The van der Waals surface area contributed by atoms with E-state index in [1.807, 2.05) is 6.92 Å². The van der Waals surface area contributed by atoms with Crippen molar-refractivity contribution >= 4 is 10.1 Å². The monoisotopic (exact) mass is 197 g/mol. The first-order chi connectivity index (χ1) is 5.39. The normalized spacial score (nSPS) is 17.3. The summed E-state index contributed by atoms with van der Waals surface area (Å²) in [6.07, 6.45) is -1.07. The van der Waals surface area contributed by atoms with Crippen LogP contribution in [-0.4, -0.2) is 42.5 Å². The smallest absolute Gasteiger partial charge is 0.270 e. The summed E-state index contributed by atoms with van der Waals surface area (Å²) >= 11 is 0. The molecule has 0 saturated carbocycles. The third-order valence-electron chi connectivity index (χ3n) is 1.62. The molecule has 2 unspecified atom stereocenters. The Hall–Kier alpha value is -0.170. The van der Waals surface area contributed by atoms with Crippen molar-refractivity contribution in [1.82, 2.24) is 5.32 Å². The summed E-state index contributed by atoms with van der Waals surface area (Å²) in [7, 11) is -4.12. The summed E-state index contributed by atoms with van der Waals surface area (Å²) in [6, 6.07) is 0. The van der Waals surface area contributed by atoms with Crippen LogP contribution in [0.25, 0.3) is 0 Å². The Balaban J connectivity index is 4.02. The van der Waals surface area contributed by atoms with Gasteiger partial charge in [0.05, 0.1) is 6.10 Å². The SMILES string of the molecule is CCNCC(O)C(C)S(=O)(=O)O. The Morgan fingerprint density at radius 2 is 2.00 bits per heavy atom. The topological polar surface area (TPSA) is 86.6 Å². The van der Waals surface area contributed by atoms with Gasteiger partial charge in [0.2, 0.25) is 0 Å². The first-order valence-electron chi connectivity index (χ1n) is 3.74. The lowest BCUT2D eigenvalue weighted by atomic mass is 10.3. The molecule has 0 aliphatic heterocycles. The summed E-state index contributed by atoms with van der Waals surface area (Å²) in [4.78, 5) is 0. The van der Waals surface area contributed by atoms with Crippen LogP contribution in [0.2, 0.25) is 0 Å². The molecule has 0 fully saturated rings. The number of nitrogens with one attached hydrogen (secondary N) is 1. The van der Waals surface area contributed by atoms with Gasteiger partial charge in [-0.05, 0) is 13.5 Å². The first-order valence-corrected chi connectivity index (χ1v) is 5.25. The molecule has 0 heterocycles. The molecule has 0 saturated heterocycles. The minimum absolute atomic E-state index is 0.164. The summed E-state index contributed by atoms with van der Waals surface area (Å²) in [5.41, 5.74) is 0. The Bertz CT molecular complexity index is 214. The van der Waals surface area contributed by atoms with Gasteiger partial charge in [0, 0.05) is 6.54 Å². The molecule has 0 radical (unpaired) electrons. The van der Waals surface area contributed by atoms with Crippen LogP contribution in [0.3, 0.4) is 0 Å². The number of aliphatic hydroxyl groups excluding tert-OH is 1. The Morgan fingerprint density at radius 1 is 1.50 bits per heavy atom. The molecule has 6 heteroatoms. The third kappa shape index (κ3) is 4.01. The fourth-order valence-electron chi connectivity index (χ4n) is 0.657. The maximum atomic E-state index is 10.5. The molecular formula is C6H15NO4S. The molecule has 0 aliphatic carbocycles. The highest BCUT2D eigenvalue weighted by Crippen LogP contribution is 2.02. The standard InChI is InChI=1S/C6H15NO4S/c1-3-7-4-6(8)5(2)12(9,10)11/h5-8H,3-4H2,1-2H3,(H,9,10,11). The van der Waals surface area contributed by atoms with Crippen LogP contribution in [0.1, 0.15) is 13.8 Å². The molecule has 0 aromatic carbocycles. The second-order valence-electron chi connectivity index (χ2n) is 2.60. The molecule has 0 spiro atoms. The van der Waals surface area contributed by atoms with Crippen molar-refractivity contribution in [2.45, 2.75) is 25.2 Å². The van der Waals surface area contributed by atoms with Crippen molar-refractivity contribution in [3.63, 3.8) is 0 Å². The first kappa shape index (κ1) is 11.8.